The number of nitrogens with one attached hydrogen (secondary N) is 1. The van der Waals surface area contributed by atoms with Crippen molar-refractivity contribution < 1.29 is 19.0 Å². The molecule has 1 amide bonds. The van der Waals surface area contributed by atoms with Crippen molar-refractivity contribution in [1.29, 1.82) is 0 Å². The minimum Gasteiger partial charge on any atom is -0.493 e. The molecule has 0 radical (unpaired) electrons. The Hall–Kier alpha value is -3.16. The Morgan fingerprint density at radius 2 is 1.84 bits per heavy atom. The van der Waals surface area contributed by atoms with E-state index in [1.807, 2.05) is 24.4 Å². The highest BCUT2D eigenvalue weighted by molar-refractivity contribution is 6.35. The monoisotopic (exact) mass is 543 g/mol. The van der Waals surface area contributed by atoms with Gasteiger partial charge in [-0.3, -0.25) is 4.79 Å². The van der Waals surface area contributed by atoms with Gasteiger partial charge in [-0.15, -0.1) is 0 Å². The van der Waals surface area contributed by atoms with Crippen LogP contribution in [-0.2, 0) is 6.42 Å². The second kappa shape index (κ2) is 12.9. The summed E-state index contributed by atoms with van der Waals surface area (Å²) in [6.07, 6.45) is 4.43. The molecule has 0 unspecified atom stereocenters. The van der Waals surface area contributed by atoms with E-state index in [1.54, 1.807) is 44.6 Å². The van der Waals surface area contributed by atoms with Gasteiger partial charge in [0.2, 0.25) is 5.88 Å². The highest BCUT2D eigenvalue weighted by atomic mass is 35.5. The Bertz CT molecular complexity index is 1200. The lowest BCUT2D eigenvalue weighted by molar-refractivity contribution is 0.0944. The molecule has 0 aliphatic carbocycles. The van der Waals surface area contributed by atoms with E-state index in [0.717, 1.165) is 37.2 Å². The average Bonchev–Trinajstić information content (AvgIpc) is 2.93. The summed E-state index contributed by atoms with van der Waals surface area (Å²) in [5, 5.41) is 4.28. The Balaban J connectivity index is 1.27. The quantitative estimate of drug-likeness (QED) is 0.355. The maximum Gasteiger partial charge on any atom is 0.251 e. The third-order valence-corrected chi connectivity index (χ3v) is 7.12. The summed E-state index contributed by atoms with van der Waals surface area (Å²) in [7, 11) is 3.19. The summed E-state index contributed by atoms with van der Waals surface area (Å²) in [6, 6.07) is 14.5. The number of methoxy groups -OCH3 is 2. The molecule has 2 heterocycles. The summed E-state index contributed by atoms with van der Waals surface area (Å²) in [5.41, 5.74) is 2.56. The molecule has 2 aromatic carbocycles. The molecule has 196 valence electrons. The number of halogens is 2. The Labute approximate surface area is 227 Å². The van der Waals surface area contributed by atoms with Crippen molar-refractivity contribution in [2.75, 3.05) is 45.4 Å². The predicted octanol–water partition coefficient (Wildman–Crippen LogP) is 5.67. The number of piperidine rings is 1. The normalized spacial score (nSPS) is 13.8. The molecule has 0 bridgehead atoms. The summed E-state index contributed by atoms with van der Waals surface area (Å²) in [6.45, 7) is 2.86. The van der Waals surface area contributed by atoms with Gasteiger partial charge in [-0.1, -0.05) is 29.3 Å². The number of hydrogen-bond donors (Lipinski definition) is 1. The molecule has 1 saturated heterocycles. The molecule has 4 rings (SSSR count). The van der Waals surface area contributed by atoms with Crippen LogP contribution in [0.15, 0.2) is 54.7 Å². The molecule has 1 aliphatic rings. The van der Waals surface area contributed by atoms with Crippen molar-refractivity contribution in [3.63, 3.8) is 0 Å². The Kier molecular flexibility index (Phi) is 9.36. The topological polar surface area (TPSA) is 72.9 Å². The summed E-state index contributed by atoms with van der Waals surface area (Å²) >= 11 is 12.2. The minimum atomic E-state index is -0.130. The number of hydrogen-bond acceptors (Lipinski definition) is 6. The fourth-order valence-electron chi connectivity index (χ4n) is 4.34. The van der Waals surface area contributed by atoms with E-state index >= 15 is 0 Å². The van der Waals surface area contributed by atoms with Crippen LogP contribution in [0.1, 0.15) is 28.8 Å². The molecule has 37 heavy (non-hydrogen) atoms. The Morgan fingerprint density at radius 1 is 1.03 bits per heavy atom. The van der Waals surface area contributed by atoms with Crippen LogP contribution in [0.5, 0.6) is 17.4 Å². The van der Waals surface area contributed by atoms with Gasteiger partial charge in [0.15, 0.2) is 11.5 Å². The number of carbonyl (C=O) groups excluding carboxylic acids is 1. The zero-order valence-electron chi connectivity index (χ0n) is 21.0. The lowest BCUT2D eigenvalue weighted by Crippen LogP contribution is -2.38. The van der Waals surface area contributed by atoms with Gasteiger partial charge in [0, 0.05) is 47.7 Å². The van der Waals surface area contributed by atoms with E-state index in [9.17, 15) is 4.79 Å². The van der Waals surface area contributed by atoms with E-state index in [-0.39, 0.29) is 5.91 Å². The second-order valence-electron chi connectivity index (χ2n) is 8.90. The number of rotatable bonds is 10. The van der Waals surface area contributed by atoms with Crippen LogP contribution < -0.4 is 24.4 Å². The van der Waals surface area contributed by atoms with Crippen molar-refractivity contribution in [1.82, 2.24) is 10.3 Å². The fourth-order valence-corrected chi connectivity index (χ4v) is 4.84. The largest absolute Gasteiger partial charge is 0.493 e. The maximum atomic E-state index is 12.9. The van der Waals surface area contributed by atoms with Crippen LogP contribution in [-0.4, -0.2) is 51.4 Å². The molecule has 1 fully saturated rings. The van der Waals surface area contributed by atoms with E-state index in [2.05, 4.69) is 15.2 Å². The molecular formula is C28H31Cl2N3O4. The molecule has 0 saturated carbocycles. The van der Waals surface area contributed by atoms with Crippen molar-refractivity contribution in [3.8, 4) is 17.4 Å². The summed E-state index contributed by atoms with van der Waals surface area (Å²) < 4.78 is 16.5. The lowest BCUT2D eigenvalue weighted by atomic mass is 9.96. The van der Waals surface area contributed by atoms with Crippen LogP contribution in [0.2, 0.25) is 10.0 Å². The lowest BCUT2D eigenvalue weighted by Gasteiger charge is -2.33. The van der Waals surface area contributed by atoms with Gasteiger partial charge >= 0.3 is 0 Å². The first kappa shape index (κ1) is 26.9. The summed E-state index contributed by atoms with van der Waals surface area (Å²) in [4.78, 5) is 19.5. The average molecular weight is 544 g/mol. The summed E-state index contributed by atoms with van der Waals surface area (Å²) in [5.74, 6) is 1.99. The van der Waals surface area contributed by atoms with Gasteiger partial charge in [-0.05, 0) is 60.7 Å². The maximum absolute atomic E-state index is 12.9. The second-order valence-corrected chi connectivity index (χ2v) is 9.74. The zero-order valence-corrected chi connectivity index (χ0v) is 22.5. The first-order chi connectivity index (χ1) is 18.0. The van der Waals surface area contributed by atoms with Crippen LogP contribution in [0.25, 0.3) is 0 Å². The van der Waals surface area contributed by atoms with Gasteiger partial charge in [0.05, 0.1) is 32.7 Å². The minimum absolute atomic E-state index is 0.130. The number of nitrogens with zero attached hydrogens (tertiary/aromatic N) is 2. The van der Waals surface area contributed by atoms with E-state index in [1.165, 1.54) is 0 Å². The molecule has 9 heteroatoms. The van der Waals surface area contributed by atoms with E-state index in [4.69, 9.17) is 37.4 Å². The third kappa shape index (κ3) is 7.21. The molecule has 1 aliphatic heterocycles. The van der Waals surface area contributed by atoms with Crippen LogP contribution in [0, 0.1) is 5.92 Å². The van der Waals surface area contributed by atoms with Gasteiger partial charge in [0.25, 0.3) is 5.91 Å². The molecule has 1 aromatic heterocycles. The zero-order chi connectivity index (χ0) is 26.2. The number of carbonyl (C=O) groups is 1. The number of amides is 1. The molecule has 0 atom stereocenters. The van der Waals surface area contributed by atoms with Crippen LogP contribution >= 0.6 is 23.2 Å². The molecular weight excluding hydrogens is 513 g/mol. The van der Waals surface area contributed by atoms with Crippen molar-refractivity contribution in [2.24, 2.45) is 5.92 Å². The van der Waals surface area contributed by atoms with Crippen LogP contribution in [0.4, 0.5) is 5.69 Å². The predicted molar refractivity (Wildman–Crippen MR) is 147 cm³/mol. The van der Waals surface area contributed by atoms with Gasteiger partial charge in [0.1, 0.15) is 0 Å². The highest BCUT2D eigenvalue weighted by Crippen LogP contribution is 2.29. The number of anilines is 1. The molecule has 0 spiro atoms. The number of aromatic nitrogens is 1. The van der Waals surface area contributed by atoms with Crippen molar-refractivity contribution >= 4 is 34.8 Å². The van der Waals surface area contributed by atoms with E-state index < -0.39 is 0 Å². The highest BCUT2D eigenvalue weighted by Gasteiger charge is 2.21. The van der Waals surface area contributed by atoms with E-state index in [0.29, 0.717) is 58.5 Å². The number of pyridine rings is 1. The molecule has 3 aromatic rings. The van der Waals surface area contributed by atoms with Crippen molar-refractivity contribution in [2.45, 2.75) is 19.3 Å². The first-order valence-electron chi connectivity index (χ1n) is 12.2. The SMILES string of the molecule is COc1ccc(N2CCC(CNC(=O)c3ccc(OC)c(OCCc4ccc(Cl)cc4Cl)c3)CC2)cn1. The standard InChI is InChI=1S/C28H31Cl2N3O4/c1-35-25-7-4-21(15-26(25)37-14-11-20-3-5-22(29)16-24(20)30)28(34)32-17-19-9-12-33(13-10-19)23-6-8-27(36-2)31-18-23/h3-8,15-16,18-19H,9-14,17H2,1-2H3,(H,32,34). The molecule has 1 N–H and O–H groups in total. The molecule has 7 nitrogen and oxygen atoms in total. The van der Waals surface area contributed by atoms with Crippen LogP contribution in [0.3, 0.4) is 0 Å². The third-order valence-electron chi connectivity index (χ3n) is 6.53. The van der Waals surface area contributed by atoms with Gasteiger partial charge < -0.3 is 24.4 Å². The van der Waals surface area contributed by atoms with Crippen molar-refractivity contribution in [3.05, 3.63) is 75.9 Å². The number of benzene rings is 2. The first-order valence-corrected chi connectivity index (χ1v) is 13.0. The van der Waals surface area contributed by atoms with Gasteiger partial charge in [-0.2, -0.15) is 0 Å². The Morgan fingerprint density at radius 3 is 2.51 bits per heavy atom. The number of ether oxygens (including phenoxy) is 3. The fraction of sp³-hybridized carbons (Fsp3) is 0.357. The smallest absolute Gasteiger partial charge is 0.251 e. The van der Waals surface area contributed by atoms with Gasteiger partial charge in [-0.25, -0.2) is 4.98 Å².